The molecular weight excluding hydrogens is 502 g/mol. The Bertz CT molecular complexity index is 1160. The number of aliphatic hydroxyl groups excluding tert-OH is 2. The molecule has 1 saturated heterocycles. The fourth-order valence-electron chi connectivity index (χ4n) is 3.87. The van der Waals surface area contributed by atoms with E-state index >= 15 is 0 Å². The number of nitrogens with one attached hydrogen (secondary N) is 2. The lowest BCUT2D eigenvalue weighted by Crippen LogP contribution is -2.54. The molecule has 1 fully saturated rings. The molecule has 0 radical (unpaired) electrons. The van der Waals surface area contributed by atoms with Crippen LogP contribution in [0.1, 0.15) is 6.23 Å². The second-order valence-electron chi connectivity index (χ2n) is 8.02. The van der Waals surface area contributed by atoms with E-state index < -0.39 is 90.4 Å². The number of carbonyl (C=O) groups is 3. The number of nitrogens with zero attached hydrogens (tertiary/aromatic N) is 1. The van der Waals surface area contributed by atoms with Crippen molar-refractivity contribution in [2.75, 3.05) is 20.8 Å². The van der Waals surface area contributed by atoms with E-state index in [0.717, 1.165) is 22.9 Å². The summed E-state index contributed by atoms with van der Waals surface area (Å²) in [5.41, 5.74) is 9.02. The molecule has 0 bridgehead atoms. The number of amides is 3. The van der Waals surface area contributed by atoms with Gasteiger partial charge in [-0.15, -0.1) is 0 Å². The van der Waals surface area contributed by atoms with Crippen LogP contribution >= 0.6 is 0 Å². The topological polar surface area (TPSA) is 257 Å². The van der Waals surface area contributed by atoms with Gasteiger partial charge in [-0.25, -0.2) is 4.79 Å². The van der Waals surface area contributed by atoms with Crippen LogP contribution < -0.4 is 28.0 Å². The molecule has 3 heterocycles. The quantitative estimate of drug-likeness (QED) is 0.166. The molecule has 3 rings (SSSR count). The minimum absolute atomic E-state index is 0.532. The molecule has 17 heteroatoms. The molecule has 8 N–H and O–H groups in total. The maximum atomic E-state index is 12.4. The smallest absolute Gasteiger partial charge is 0.330 e. The highest BCUT2D eigenvalue weighted by Crippen LogP contribution is 2.35. The Labute approximate surface area is 207 Å². The summed E-state index contributed by atoms with van der Waals surface area (Å²) in [5.74, 6) is -3.45. The van der Waals surface area contributed by atoms with Gasteiger partial charge in [-0.05, 0) is 6.08 Å². The van der Waals surface area contributed by atoms with Gasteiger partial charge in [0.1, 0.15) is 30.5 Å². The van der Waals surface area contributed by atoms with Gasteiger partial charge >= 0.3 is 5.69 Å². The van der Waals surface area contributed by atoms with Crippen molar-refractivity contribution in [2.24, 2.45) is 11.5 Å². The molecule has 3 amide bonds. The molecule has 0 saturated carbocycles. The van der Waals surface area contributed by atoms with Gasteiger partial charge in [-0.3, -0.25) is 28.7 Å². The molecule has 0 aliphatic carbocycles. The van der Waals surface area contributed by atoms with E-state index in [1.165, 1.54) is 14.2 Å². The van der Waals surface area contributed by atoms with Crippen LogP contribution in [0.15, 0.2) is 33.7 Å². The molecule has 2 aliphatic rings. The van der Waals surface area contributed by atoms with Crippen molar-refractivity contribution in [3.8, 4) is 0 Å². The zero-order valence-electron chi connectivity index (χ0n) is 19.6. The maximum Gasteiger partial charge on any atom is 0.330 e. The largest absolute Gasteiger partial charge is 0.456 e. The number of H-pyrrole nitrogens is 1. The summed E-state index contributed by atoms with van der Waals surface area (Å²) < 4.78 is 28.6. The van der Waals surface area contributed by atoms with Crippen LogP contribution in [0, 0.1) is 0 Å². The van der Waals surface area contributed by atoms with Gasteiger partial charge in [0.25, 0.3) is 11.5 Å². The number of methoxy groups -OCH3 is 2. The SMILES string of the molecule is COC1C(OC)[C@@H](C(O[C@H]2OC(C(=O)NCC(N)=O)=CC(O)C2O)C(N)=O)OC1n1ccc(=O)[nH]c1=O. The van der Waals surface area contributed by atoms with Crippen molar-refractivity contribution in [3.05, 3.63) is 44.9 Å². The number of rotatable bonds is 10. The van der Waals surface area contributed by atoms with E-state index in [2.05, 4.69) is 10.3 Å². The van der Waals surface area contributed by atoms with E-state index in [0.29, 0.717) is 0 Å². The highest BCUT2D eigenvalue weighted by molar-refractivity contribution is 5.94. The van der Waals surface area contributed by atoms with Crippen LogP contribution in [0.3, 0.4) is 0 Å². The van der Waals surface area contributed by atoms with E-state index in [4.69, 9.17) is 35.2 Å². The Morgan fingerprint density at radius 1 is 1.19 bits per heavy atom. The zero-order chi connectivity index (χ0) is 27.4. The fraction of sp³-hybridized carbons (Fsp3) is 0.550. The highest BCUT2D eigenvalue weighted by atomic mass is 16.7. The van der Waals surface area contributed by atoms with E-state index in [-0.39, 0.29) is 0 Å². The number of aromatic nitrogens is 2. The Hall–Kier alpha value is -3.61. The van der Waals surface area contributed by atoms with Crippen LogP contribution in [0.25, 0.3) is 0 Å². The molecule has 0 spiro atoms. The van der Waals surface area contributed by atoms with Gasteiger partial charge in [0.2, 0.25) is 18.1 Å². The molecule has 204 valence electrons. The molecular formula is C20H27N5O12. The Morgan fingerprint density at radius 3 is 2.43 bits per heavy atom. The molecule has 37 heavy (non-hydrogen) atoms. The third kappa shape index (κ3) is 6.04. The second kappa shape index (κ2) is 11.6. The molecule has 8 atom stereocenters. The number of nitrogens with two attached hydrogens (primary N) is 2. The standard InChI is InChI=1S/C20H27N5O12/c1-33-12-13(36-18(15(12)34-2)25-4-3-10(28)24-20(25)32)14(16(22)30)37-19-11(29)7(26)5-8(35-19)17(31)23-6-9(21)27/h3-5,7,11-15,18-19,26,29H,6H2,1-2H3,(H2,21,27)(H2,22,30)(H,23,31)(H,24,28,32)/t7?,11?,12?,13-,14?,15?,18?,19+/m0/s1. The lowest BCUT2D eigenvalue weighted by atomic mass is 10.0. The number of aromatic amines is 1. The summed E-state index contributed by atoms with van der Waals surface area (Å²) in [6.45, 7) is -0.539. The van der Waals surface area contributed by atoms with Gasteiger partial charge in [0, 0.05) is 26.5 Å². The minimum Gasteiger partial charge on any atom is -0.456 e. The van der Waals surface area contributed by atoms with Crippen molar-refractivity contribution in [2.45, 2.75) is 49.1 Å². The first-order valence-corrected chi connectivity index (χ1v) is 10.8. The van der Waals surface area contributed by atoms with Crippen LogP contribution in [-0.2, 0) is 38.1 Å². The number of primary amides is 2. The number of carbonyl (C=O) groups excluding carboxylic acids is 3. The van der Waals surface area contributed by atoms with Crippen LogP contribution in [0.5, 0.6) is 0 Å². The summed E-state index contributed by atoms with van der Waals surface area (Å²) >= 11 is 0. The average molecular weight is 529 g/mol. The molecule has 17 nitrogen and oxygen atoms in total. The predicted molar refractivity (Wildman–Crippen MR) is 118 cm³/mol. The molecule has 0 aromatic carbocycles. The molecule has 1 aromatic heterocycles. The summed E-state index contributed by atoms with van der Waals surface area (Å²) in [7, 11) is 2.56. The van der Waals surface area contributed by atoms with Gasteiger partial charge in [0.15, 0.2) is 18.1 Å². The number of hydrogen-bond donors (Lipinski definition) is 6. The minimum atomic E-state index is -1.82. The third-order valence-corrected chi connectivity index (χ3v) is 5.60. The normalized spacial score (nSPS) is 30.2. The van der Waals surface area contributed by atoms with E-state index in [9.17, 15) is 34.2 Å². The van der Waals surface area contributed by atoms with Gasteiger partial charge < -0.3 is 50.7 Å². The van der Waals surface area contributed by atoms with Crippen LogP contribution in [0.4, 0.5) is 0 Å². The van der Waals surface area contributed by atoms with Crippen molar-refractivity contribution >= 4 is 17.7 Å². The van der Waals surface area contributed by atoms with E-state index in [1.807, 2.05) is 0 Å². The summed E-state index contributed by atoms with van der Waals surface area (Å²) in [6.07, 6.45) is -9.66. The van der Waals surface area contributed by atoms with E-state index in [1.54, 1.807) is 0 Å². The van der Waals surface area contributed by atoms with Gasteiger partial charge in [-0.1, -0.05) is 0 Å². The fourth-order valence-corrected chi connectivity index (χ4v) is 3.87. The molecule has 2 aliphatic heterocycles. The van der Waals surface area contributed by atoms with Crippen molar-refractivity contribution in [3.63, 3.8) is 0 Å². The lowest BCUT2D eigenvalue weighted by molar-refractivity contribution is -0.241. The van der Waals surface area contributed by atoms with Gasteiger partial charge in [-0.2, -0.15) is 0 Å². The van der Waals surface area contributed by atoms with Crippen molar-refractivity contribution in [1.82, 2.24) is 14.9 Å². The first kappa shape index (κ1) is 28.0. The third-order valence-electron chi connectivity index (χ3n) is 5.60. The predicted octanol–water partition coefficient (Wildman–Crippen LogP) is -5.10. The molecule has 1 aromatic rings. The maximum absolute atomic E-state index is 12.4. The Kier molecular flexibility index (Phi) is 8.79. The van der Waals surface area contributed by atoms with Gasteiger partial charge in [0.05, 0.1) is 6.54 Å². The average Bonchev–Trinajstić information content (AvgIpc) is 3.20. The van der Waals surface area contributed by atoms with Crippen molar-refractivity contribution in [1.29, 1.82) is 0 Å². The summed E-state index contributed by atoms with van der Waals surface area (Å²) in [6, 6.07) is 1.07. The van der Waals surface area contributed by atoms with Crippen LogP contribution in [-0.4, -0.2) is 101 Å². The zero-order valence-corrected chi connectivity index (χ0v) is 19.6. The number of ether oxygens (including phenoxy) is 5. The lowest BCUT2D eigenvalue weighted by Gasteiger charge is -2.35. The Balaban J connectivity index is 1.87. The highest BCUT2D eigenvalue weighted by Gasteiger charge is 2.53. The first-order chi connectivity index (χ1) is 17.5. The summed E-state index contributed by atoms with van der Waals surface area (Å²) in [5, 5.41) is 22.7. The molecule has 6 unspecified atom stereocenters. The number of aliphatic hydroxyl groups is 2. The van der Waals surface area contributed by atoms with Crippen molar-refractivity contribution < 1.29 is 48.3 Å². The van der Waals surface area contributed by atoms with Crippen LogP contribution in [0.2, 0.25) is 0 Å². The monoisotopic (exact) mass is 529 g/mol. The second-order valence-corrected chi connectivity index (χ2v) is 8.02. The number of hydrogen-bond acceptors (Lipinski definition) is 12. The first-order valence-electron chi connectivity index (χ1n) is 10.8. The summed E-state index contributed by atoms with van der Waals surface area (Å²) in [4.78, 5) is 61.4. The Morgan fingerprint density at radius 2 is 1.86 bits per heavy atom.